The topological polar surface area (TPSA) is 84.9 Å². The van der Waals surface area contributed by atoms with E-state index in [1.165, 1.54) is 0 Å². The maximum Gasteiger partial charge on any atom is 0.201 e. The van der Waals surface area contributed by atoms with E-state index in [2.05, 4.69) is 32.8 Å². The largest absolute Gasteiger partial charge is 0.453 e. The summed E-state index contributed by atoms with van der Waals surface area (Å²) < 4.78 is 7.37. The number of aromatic amines is 1. The molecule has 1 aliphatic carbocycles. The maximum atomic E-state index is 13.8. The molecule has 1 fully saturated rings. The first-order valence-electron chi connectivity index (χ1n) is 10.6. The first-order valence-corrected chi connectivity index (χ1v) is 11.7. The van der Waals surface area contributed by atoms with E-state index in [0.29, 0.717) is 27.8 Å². The SMILES string of the molecule is NC1(c2ccc(-c3c(-c4ccccc4)oc4c(ccc5c(I)[nH]nc54)c3=O)cc2)CCC1. The zero-order chi connectivity index (χ0) is 21.9. The summed E-state index contributed by atoms with van der Waals surface area (Å²) in [7, 11) is 0. The summed E-state index contributed by atoms with van der Waals surface area (Å²) in [5, 5.41) is 8.85. The zero-order valence-corrected chi connectivity index (χ0v) is 19.3. The van der Waals surface area contributed by atoms with E-state index < -0.39 is 0 Å². The van der Waals surface area contributed by atoms with Crippen LogP contribution in [-0.2, 0) is 5.54 Å². The van der Waals surface area contributed by atoms with Crippen LogP contribution in [0.2, 0.25) is 0 Å². The molecular weight excluding hydrogens is 513 g/mol. The van der Waals surface area contributed by atoms with Gasteiger partial charge in [0.1, 0.15) is 15.0 Å². The Morgan fingerprint density at radius 1 is 0.938 bits per heavy atom. The van der Waals surface area contributed by atoms with Gasteiger partial charge in [-0.2, -0.15) is 5.10 Å². The van der Waals surface area contributed by atoms with Crippen LogP contribution in [0.5, 0.6) is 0 Å². The third-order valence-corrected chi connectivity index (χ3v) is 7.39. The molecule has 5 nitrogen and oxygen atoms in total. The van der Waals surface area contributed by atoms with Crippen LogP contribution >= 0.6 is 22.6 Å². The Hall–Kier alpha value is -2.97. The van der Waals surface area contributed by atoms with Crippen molar-refractivity contribution in [1.82, 2.24) is 10.2 Å². The fourth-order valence-corrected chi connectivity index (χ4v) is 5.12. The fourth-order valence-electron chi connectivity index (χ4n) is 4.57. The summed E-state index contributed by atoms with van der Waals surface area (Å²) in [5.41, 5.74) is 10.7. The van der Waals surface area contributed by atoms with Gasteiger partial charge in [0, 0.05) is 16.5 Å². The van der Waals surface area contributed by atoms with E-state index in [4.69, 9.17) is 10.2 Å². The second-order valence-corrected chi connectivity index (χ2v) is 9.54. The Morgan fingerprint density at radius 3 is 2.34 bits per heavy atom. The monoisotopic (exact) mass is 533 g/mol. The van der Waals surface area contributed by atoms with Gasteiger partial charge >= 0.3 is 0 Å². The summed E-state index contributed by atoms with van der Waals surface area (Å²) >= 11 is 2.20. The normalized spacial score (nSPS) is 15.2. The predicted octanol–water partition coefficient (Wildman–Crippen LogP) is 5.95. The number of fused-ring (bicyclic) bond motifs is 3. The number of aromatic nitrogens is 2. The number of hydrogen-bond donors (Lipinski definition) is 2. The summed E-state index contributed by atoms with van der Waals surface area (Å²) in [6.45, 7) is 0. The highest BCUT2D eigenvalue weighted by molar-refractivity contribution is 14.1. The van der Waals surface area contributed by atoms with E-state index in [-0.39, 0.29) is 11.0 Å². The molecule has 158 valence electrons. The molecule has 0 radical (unpaired) electrons. The molecule has 3 aromatic carbocycles. The van der Waals surface area contributed by atoms with Gasteiger partial charge in [-0.1, -0.05) is 54.6 Å². The van der Waals surface area contributed by atoms with Gasteiger partial charge in [-0.15, -0.1) is 0 Å². The molecule has 2 heterocycles. The number of benzene rings is 3. The molecule has 0 unspecified atom stereocenters. The van der Waals surface area contributed by atoms with E-state index in [9.17, 15) is 4.79 Å². The van der Waals surface area contributed by atoms with Gasteiger partial charge in [-0.3, -0.25) is 9.89 Å². The van der Waals surface area contributed by atoms with Gasteiger partial charge in [-0.25, -0.2) is 0 Å². The van der Waals surface area contributed by atoms with Crippen LogP contribution in [0.4, 0.5) is 0 Å². The molecule has 6 rings (SSSR count). The summed E-state index contributed by atoms with van der Waals surface area (Å²) in [6, 6.07) is 21.6. The number of nitrogens with two attached hydrogens (primary N) is 1. The predicted molar refractivity (Wildman–Crippen MR) is 135 cm³/mol. The molecule has 0 spiro atoms. The van der Waals surface area contributed by atoms with Crippen molar-refractivity contribution in [3.63, 3.8) is 0 Å². The van der Waals surface area contributed by atoms with Crippen LogP contribution in [0.25, 0.3) is 44.3 Å². The lowest BCUT2D eigenvalue weighted by atomic mass is 9.72. The molecule has 1 aliphatic rings. The summed E-state index contributed by atoms with van der Waals surface area (Å²) in [5.74, 6) is 0.549. The van der Waals surface area contributed by atoms with Gasteiger partial charge in [0.05, 0.1) is 10.9 Å². The smallest absolute Gasteiger partial charge is 0.201 e. The van der Waals surface area contributed by atoms with Gasteiger partial charge in [0.15, 0.2) is 5.58 Å². The number of H-pyrrole nitrogens is 1. The fraction of sp³-hybridized carbons (Fsp3) is 0.154. The van der Waals surface area contributed by atoms with Crippen LogP contribution in [0, 0.1) is 3.70 Å². The Labute approximate surface area is 197 Å². The molecule has 5 aromatic rings. The van der Waals surface area contributed by atoms with Gasteiger partial charge in [-0.05, 0) is 65.1 Å². The Balaban J connectivity index is 1.64. The zero-order valence-electron chi connectivity index (χ0n) is 17.2. The lowest BCUT2D eigenvalue weighted by Crippen LogP contribution is -2.43. The molecule has 2 aromatic heterocycles. The van der Waals surface area contributed by atoms with Crippen molar-refractivity contribution in [2.75, 3.05) is 0 Å². The summed E-state index contributed by atoms with van der Waals surface area (Å²) in [6.07, 6.45) is 3.15. The molecule has 0 aliphatic heterocycles. The first kappa shape index (κ1) is 19.7. The lowest BCUT2D eigenvalue weighted by molar-refractivity contribution is 0.253. The van der Waals surface area contributed by atoms with Gasteiger partial charge in [0.2, 0.25) is 5.43 Å². The molecule has 32 heavy (non-hydrogen) atoms. The van der Waals surface area contributed by atoms with Crippen molar-refractivity contribution in [2.24, 2.45) is 5.73 Å². The average molecular weight is 533 g/mol. The second kappa shape index (κ2) is 7.28. The van der Waals surface area contributed by atoms with Crippen molar-refractivity contribution in [3.05, 3.63) is 86.2 Å². The quantitative estimate of drug-likeness (QED) is 0.281. The molecule has 0 bridgehead atoms. The van der Waals surface area contributed by atoms with Crippen LogP contribution in [0.3, 0.4) is 0 Å². The Kier molecular flexibility index (Phi) is 4.48. The van der Waals surface area contributed by atoms with Crippen molar-refractivity contribution in [2.45, 2.75) is 24.8 Å². The van der Waals surface area contributed by atoms with Crippen LogP contribution in [0.1, 0.15) is 24.8 Å². The van der Waals surface area contributed by atoms with Gasteiger partial charge in [0.25, 0.3) is 0 Å². The molecule has 0 atom stereocenters. The number of halogens is 1. The summed E-state index contributed by atoms with van der Waals surface area (Å²) in [4.78, 5) is 13.8. The lowest BCUT2D eigenvalue weighted by Gasteiger charge is -2.38. The number of rotatable bonds is 3. The van der Waals surface area contributed by atoms with Gasteiger partial charge < -0.3 is 10.2 Å². The van der Waals surface area contributed by atoms with Crippen molar-refractivity contribution in [3.8, 4) is 22.5 Å². The number of nitrogens with one attached hydrogen (secondary N) is 1. The van der Waals surface area contributed by atoms with E-state index >= 15 is 0 Å². The Morgan fingerprint density at radius 2 is 1.66 bits per heavy atom. The number of nitrogens with zero attached hydrogens (tertiary/aromatic N) is 1. The highest BCUT2D eigenvalue weighted by atomic mass is 127. The maximum absolute atomic E-state index is 13.8. The highest BCUT2D eigenvalue weighted by Gasteiger charge is 2.34. The van der Waals surface area contributed by atoms with E-state index in [1.807, 2.05) is 66.7 Å². The molecule has 3 N–H and O–H groups in total. The van der Waals surface area contributed by atoms with E-state index in [1.54, 1.807) is 0 Å². The Bertz CT molecular complexity index is 1530. The third kappa shape index (κ3) is 2.93. The highest BCUT2D eigenvalue weighted by Crippen LogP contribution is 2.40. The molecule has 1 saturated carbocycles. The van der Waals surface area contributed by atoms with Crippen LogP contribution < -0.4 is 11.2 Å². The van der Waals surface area contributed by atoms with Crippen molar-refractivity contribution >= 4 is 44.5 Å². The molecule has 6 heteroatoms. The van der Waals surface area contributed by atoms with Crippen molar-refractivity contribution in [1.29, 1.82) is 0 Å². The number of hydrogen-bond acceptors (Lipinski definition) is 4. The molecule has 0 amide bonds. The van der Waals surface area contributed by atoms with Crippen LogP contribution in [0.15, 0.2) is 75.9 Å². The standard InChI is InChI=1S/C26H20IN3O2/c27-25-18-11-12-19-22(31)20(15-7-9-17(10-8-15)26(28)13-4-14-26)23(16-5-2-1-3-6-16)32-24(19)21(18)29-30-25/h1-3,5-12H,4,13-14,28H2,(H,29,30). The third-order valence-electron chi connectivity index (χ3n) is 6.57. The van der Waals surface area contributed by atoms with Crippen LogP contribution in [-0.4, -0.2) is 10.2 Å². The molecular formula is C26H20IN3O2. The minimum absolute atomic E-state index is 0.0659. The minimum atomic E-state index is -0.239. The minimum Gasteiger partial charge on any atom is -0.453 e. The molecule has 0 saturated heterocycles. The second-order valence-electron chi connectivity index (χ2n) is 8.46. The van der Waals surface area contributed by atoms with Crippen molar-refractivity contribution < 1.29 is 4.42 Å². The van der Waals surface area contributed by atoms with E-state index in [0.717, 1.165) is 45.0 Å². The average Bonchev–Trinajstić information content (AvgIpc) is 3.19. The first-order chi connectivity index (χ1) is 15.5.